The summed E-state index contributed by atoms with van der Waals surface area (Å²) >= 11 is 0. The molecule has 146 valence electrons. The molecule has 1 aliphatic rings. The Morgan fingerprint density at radius 2 is 1.85 bits per heavy atom. The average molecular weight is 370 g/mol. The van der Waals surface area contributed by atoms with Gasteiger partial charge in [0.2, 0.25) is 11.8 Å². The summed E-state index contributed by atoms with van der Waals surface area (Å²) in [7, 11) is 0. The van der Waals surface area contributed by atoms with Gasteiger partial charge >= 0.3 is 0 Å². The molecule has 0 saturated heterocycles. The maximum absolute atomic E-state index is 12.7. The molecule has 1 unspecified atom stereocenters. The SMILES string of the molecule is CC(C)C(=O)NC(C)c1nc2ccccc2n1CC(=O)NC1CCCCC1. The Balaban J connectivity index is 1.81. The topological polar surface area (TPSA) is 76.0 Å². The van der Waals surface area contributed by atoms with E-state index in [0.29, 0.717) is 5.82 Å². The summed E-state index contributed by atoms with van der Waals surface area (Å²) in [6, 6.07) is 7.79. The van der Waals surface area contributed by atoms with Crippen LogP contribution in [0, 0.1) is 5.92 Å². The fourth-order valence-electron chi connectivity index (χ4n) is 3.70. The largest absolute Gasteiger partial charge is 0.352 e. The van der Waals surface area contributed by atoms with Crippen molar-refractivity contribution in [2.75, 3.05) is 0 Å². The van der Waals surface area contributed by atoms with Gasteiger partial charge in [0.15, 0.2) is 0 Å². The molecule has 1 aromatic heterocycles. The third-order valence-electron chi connectivity index (χ3n) is 5.23. The smallest absolute Gasteiger partial charge is 0.240 e. The van der Waals surface area contributed by atoms with Gasteiger partial charge in [-0.05, 0) is 31.9 Å². The minimum absolute atomic E-state index is 0.00805. The second kappa shape index (κ2) is 8.55. The Morgan fingerprint density at radius 1 is 1.15 bits per heavy atom. The average Bonchev–Trinajstić information content (AvgIpc) is 3.01. The summed E-state index contributed by atoms with van der Waals surface area (Å²) < 4.78 is 1.93. The number of amides is 2. The lowest BCUT2D eigenvalue weighted by Gasteiger charge is -2.23. The number of nitrogens with one attached hydrogen (secondary N) is 2. The first-order chi connectivity index (χ1) is 13.0. The summed E-state index contributed by atoms with van der Waals surface area (Å²) in [5.74, 6) is 0.602. The van der Waals surface area contributed by atoms with E-state index in [4.69, 9.17) is 4.98 Å². The van der Waals surface area contributed by atoms with Gasteiger partial charge in [0, 0.05) is 12.0 Å². The summed E-state index contributed by atoms with van der Waals surface area (Å²) in [4.78, 5) is 29.5. The van der Waals surface area contributed by atoms with Gasteiger partial charge in [-0.3, -0.25) is 9.59 Å². The van der Waals surface area contributed by atoms with Crippen LogP contribution < -0.4 is 10.6 Å². The molecule has 0 bridgehead atoms. The fraction of sp³-hybridized carbons (Fsp3) is 0.571. The first-order valence-electron chi connectivity index (χ1n) is 10.0. The number of carbonyl (C=O) groups excluding carboxylic acids is 2. The van der Waals surface area contributed by atoms with Crippen LogP contribution in [0.15, 0.2) is 24.3 Å². The van der Waals surface area contributed by atoms with Crippen LogP contribution in [0.4, 0.5) is 0 Å². The van der Waals surface area contributed by atoms with Crippen LogP contribution in [0.1, 0.15) is 64.7 Å². The Bertz CT molecular complexity index is 806. The molecule has 0 spiro atoms. The van der Waals surface area contributed by atoms with Crippen molar-refractivity contribution in [2.24, 2.45) is 5.92 Å². The van der Waals surface area contributed by atoms with Crippen LogP contribution >= 0.6 is 0 Å². The van der Waals surface area contributed by atoms with E-state index < -0.39 is 0 Å². The molecule has 1 saturated carbocycles. The summed E-state index contributed by atoms with van der Waals surface area (Å²) in [5.41, 5.74) is 1.75. The van der Waals surface area contributed by atoms with E-state index >= 15 is 0 Å². The molecule has 3 rings (SSSR count). The summed E-state index contributed by atoms with van der Waals surface area (Å²) in [5, 5.41) is 6.17. The van der Waals surface area contributed by atoms with Crippen LogP contribution in [0.3, 0.4) is 0 Å². The van der Waals surface area contributed by atoms with E-state index in [2.05, 4.69) is 10.6 Å². The van der Waals surface area contributed by atoms with E-state index in [1.54, 1.807) is 0 Å². The summed E-state index contributed by atoms with van der Waals surface area (Å²) in [6.07, 6.45) is 5.74. The van der Waals surface area contributed by atoms with Gasteiger partial charge in [-0.1, -0.05) is 45.2 Å². The van der Waals surface area contributed by atoms with Crippen molar-refractivity contribution in [3.8, 4) is 0 Å². The second-order valence-electron chi connectivity index (χ2n) is 7.83. The van der Waals surface area contributed by atoms with Gasteiger partial charge < -0.3 is 15.2 Å². The van der Waals surface area contributed by atoms with E-state index in [-0.39, 0.29) is 36.4 Å². The molecule has 0 radical (unpaired) electrons. The number of benzene rings is 1. The highest BCUT2D eigenvalue weighted by atomic mass is 16.2. The van der Waals surface area contributed by atoms with Crippen molar-refractivity contribution < 1.29 is 9.59 Å². The first-order valence-corrected chi connectivity index (χ1v) is 10.0. The highest BCUT2D eigenvalue weighted by molar-refractivity contribution is 5.82. The number of fused-ring (bicyclic) bond motifs is 1. The van der Waals surface area contributed by atoms with Crippen LogP contribution in [-0.4, -0.2) is 27.4 Å². The number of hydrogen-bond acceptors (Lipinski definition) is 3. The number of rotatable bonds is 6. The molecular weight excluding hydrogens is 340 g/mol. The minimum Gasteiger partial charge on any atom is -0.352 e. The van der Waals surface area contributed by atoms with Crippen molar-refractivity contribution in [2.45, 2.75) is 71.5 Å². The molecule has 6 heteroatoms. The molecule has 2 N–H and O–H groups in total. The molecular formula is C21H30N4O2. The lowest BCUT2D eigenvalue weighted by Crippen LogP contribution is -2.39. The van der Waals surface area contributed by atoms with Crippen LogP contribution in [0.5, 0.6) is 0 Å². The maximum Gasteiger partial charge on any atom is 0.240 e. The standard InChI is InChI=1S/C21H30N4O2/c1-14(2)21(27)22-15(3)20-24-17-11-7-8-12-18(17)25(20)13-19(26)23-16-9-5-4-6-10-16/h7-8,11-12,14-16H,4-6,9-10,13H2,1-3H3,(H,22,27)(H,23,26). The molecule has 1 atom stereocenters. The second-order valence-corrected chi connectivity index (χ2v) is 7.83. The van der Waals surface area contributed by atoms with E-state index in [0.717, 1.165) is 23.9 Å². The Labute approximate surface area is 160 Å². The van der Waals surface area contributed by atoms with Gasteiger partial charge in [-0.2, -0.15) is 0 Å². The number of imidazole rings is 1. The zero-order valence-corrected chi connectivity index (χ0v) is 16.5. The van der Waals surface area contributed by atoms with Crippen LogP contribution in [0.25, 0.3) is 11.0 Å². The number of para-hydroxylation sites is 2. The lowest BCUT2D eigenvalue weighted by atomic mass is 9.95. The predicted octanol–water partition coefficient (Wildman–Crippen LogP) is 3.32. The highest BCUT2D eigenvalue weighted by Crippen LogP contribution is 2.22. The number of hydrogen-bond donors (Lipinski definition) is 2. The van der Waals surface area contributed by atoms with Crippen molar-refractivity contribution in [3.63, 3.8) is 0 Å². The van der Waals surface area contributed by atoms with E-state index in [1.807, 2.05) is 49.6 Å². The third kappa shape index (κ3) is 4.67. The van der Waals surface area contributed by atoms with Gasteiger partial charge in [-0.25, -0.2) is 4.98 Å². The summed E-state index contributed by atoms with van der Waals surface area (Å²) in [6.45, 7) is 5.86. The van der Waals surface area contributed by atoms with Crippen LogP contribution in [0.2, 0.25) is 0 Å². The fourth-order valence-corrected chi connectivity index (χ4v) is 3.70. The Morgan fingerprint density at radius 3 is 2.56 bits per heavy atom. The van der Waals surface area contributed by atoms with Crippen LogP contribution in [-0.2, 0) is 16.1 Å². The van der Waals surface area contributed by atoms with E-state index in [1.165, 1.54) is 19.3 Å². The molecule has 6 nitrogen and oxygen atoms in total. The van der Waals surface area contributed by atoms with Gasteiger partial charge in [0.25, 0.3) is 0 Å². The number of carbonyl (C=O) groups is 2. The van der Waals surface area contributed by atoms with Gasteiger partial charge in [0.1, 0.15) is 12.4 Å². The Kier molecular flexibility index (Phi) is 6.14. The number of aromatic nitrogens is 2. The molecule has 1 heterocycles. The van der Waals surface area contributed by atoms with Crippen molar-refractivity contribution in [3.05, 3.63) is 30.1 Å². The number of nitrogens with zero attached hydrogens (tertiary/aromatic N) is 2. The minimum atomic E-state index is -0.269. The molecule has 1 fully saturated rings. The van der Waals surface area contributed by atoms with E-state index in [9.17, 15) is 9.59 Å². The molecule has 27 heavy (non-hydrogen) atoms. The normalized spacial score (nSPS) is 16.4. The first kappa shape index (κ1) is 19.4. The molecule has 2 aromatic rings. The van der Waals surface area contributed by atoms with Crippen molar-refractivity contribution >= 4 is 22.8 Å². The van der Waals surface area contributed by atoms with Gasteiger partial charge in [-0.15, -0.1) is 0 Å². The maximum atomic E-state index is 12.7. The van der Waals surface area contributed by atoms with Gasteiger partial charge in [0.05, 0.1) is 17.1 Å². The zero-order valence-electron chi connectivity index (χ0n) is 16.5. The quantitative estimate of drug-likeness (QED) is 0.819. The predicted molar refractivity (Wildman–Crippen MR) is 106 cm³/mol. The molecule has 0 aliphatic heterocycles. The Hall–Kier alpha value is -2.37. The molecule has 1 aromatic carbocycles. The van der Waals surface area contributed by atoms with Crippen molar-refractivity contribution in [1.29, 1.82) is 0 Å². The monoisotopic (exact) mass is 370 g/mol. The highest BCUT2D eigenvalue weighted by Gasteiger charge is 2.22. The van der Waals surface area contributed by atoms with Crippen molar-refractivity contribution in [1.82, 2.24) is 20.2 Å². The lowest BCUT2D eigenvalue weighted by molar-refractivity contribution is -0.124. The molecule has 2 amide bonds. The third-order valence-corrected chi connectivity index (χ3v) is 5.23. The molecule has 1 aliphatic carbocycles. The zero-order chi connectivity index (χ0) is 19.4.